The lowest BCUT2D eigenvalue weighted by molar-refractivity contribution is -0.133. The molecule has 2 fully saturated rings. The third-order valence-electron chi connectivity index (χ3n) is 5.61. The van der Waals surface area contributed by atoms with Crippen LogP contribution >= 0.6 is 0 Å². The predicted molar refractivity (Wildman–Crippen MR) is 99.9 cm³/mol. The van der Waals surface area contributed by atoms with Crippen LogP contribution in [0.5, 0.6) is 0 Å². The van der Waals surface area contributed by atoms with Crippen molar-refractivity contribution in [2.75, 3.05) is 26.7 Å². The average Bonchev–Trinajstić information content (AvgIpc) is 2.87. The third-order valence-corrected chi connectivity index (χ3v) is 5.61. The fourth-order valence-corrected chi connectivity index (χ4v) is 4.09. The zero-order valence-electron chi connectivity index (χ0n) is 15.7. The van der Waals surface area contributed by atoms with Gasteiger partial charge in [0.1, 0.15) is 6.04 Å². The van der Waals surface area contributed by atoms with Crippen molar-refractivity contribution in [3.8, 4) is 0 Å². The van der Waals surface area contributed by atoms with Crippen LogP contribution in [0.4, 0.5) is 4.79 Å². The largest absolute Gasteiger partial charge is 0.450 e. The van der Waals surface area contributed by atoms with Crippen molar-refractivity contribution in [1.29, 1.82) is 0 Å². The molecule has 2 aliphatic heterocycles. The number of benzene rings is 1. The lowest BCUT2D eigenvalue weighted by Gasteiger charge is -2.29. The highest BCUT2D eigenvalue weighted by atomic mass is 16.5. The second kappa shape index (κ2) is 8.54. The minimum atomic E-state index is -0.599. The number of amides is 2. The Bertz CT molecular complexity index is 622. The third kappa shape index (κ3) is 4.36. The van der Waals surface area contributed by atoms with E-state index in [1.54, 1.807) is 6.92 Å². The number of ether oxygens (including phenoxy) is 1. The minimum absolute atomic E-state index is 0.0112. The Morgan fingerprint density at radius 1 is 1.19 bits per heavy atom. The summed E-state index contributed by atoms with van der Waals surface area (Å²) in [7, 11) is 2.16. The highest BCUT2D eigenvalue weighted by Crippen LogP contribution is 2.28. The summed E-state index contributed by atoms with van der Waals surface area (Å²) in [5.74, 6) is -0.0112. The first-order valence-corrected chi connectivity index (χ1v) is 9.56. The van der Waals surface area contributed by atoms with Crippen molar-refractivity contribution in [3.63, 3.8) is 0 Å². The molecule has 1 aromatic rings. The van der Waals surface area contributed by atoms with Crippen molar-refractivity contribution in [2.45, 2.75) is 50.7 Å². The zero-order valence-corrected chi connectivity index (χ0v) is 15.7. The molecule has 2 saturated heterocycles. The summed E-state index contributed by atoms with van der Waals surface area (Å²) >= 11 is 0. The first kappa shape index (κ1) is 18.7. The molecule has 0 radical (unpaired) electrons. The molecule has 1 N–H and O–H groups in total. The van der Waals surface area contributed by atoms with E-state index in [0.29, 0.717) is 18.5 Å². The number of carbonyl (C=O) groups is 2. The summed E-state index contributed by atoms with van der Waals surface area (Å²) in [6.45, 7) is 3.53. The fraction of sp³-hybridized carbons (Fsp3) is 0.600. The lowest BCUT2D eigenvalue weighted by atomic mass is 10.0. The molecule has 6 heteroatoms. The van der Waals surface area contributed by atoms with E-state index >= 15 is 0 Å². The van der Waals surface area contributed by atoms with Crippen LogP contribution in [0.3, 0.4) is 0 Å². The van der Waals surface area contributed by atoms with Crippen LogP contribution in [0.1, 0.15) is 31.7 Å². The molecule has 0 aliphatic carbocycles. The smallest absolute Gasteiger partial charge is 0.407 e. The van der Waals surface area contributed by atoms with Crippen LogP contribution in [-0.4, -0.2) is 66.7 Å². The molecule has 2 amide bonds. The maximum Gasteiger partial charge on any atom is 0.407 e. The normalized spacial score (nSPS) is 24.0. The van der Waals surface area contributed by atoms with Gasteiger partial charge in [-0.3, -0.25) is 9.69 Å². The maximum absolute atomic E-state index is 13.2. The molecule has 2 heterocycles. The van der Waals surface area contributed by atoms with E-state index in [0.717, 1.165) is 31.5 Å². The number of nitrogens with one attached hydrogen (secondary N) is 1. The average molecular weight is 359 g/mol. The van der Waals surface area contributed by atoms with Gasteiger partial charge in [-0.1, -0.05) is 30.3 Å². The van der Waals surface area contributed by atoms with Gasteiger partial charge in [0.15, 0.2) is 0 Å². The number of likely N-dealkylation sites (N-methyl/N-ethyl adjacent to an activating group) is 1. The number of hydrogen-bond donors (Lipinski definition) is 1. The van der Waals surface area contributed by atoms with Gasteiger partial charge in [-0.05, 0) is 38.8 Å². The van der Waals surface area contributed by atoms with Crippen LogP contribution in [-0.2, 0) is 16.0 Å². The Kier molecular flexibility index (Phi) is 6.14. The van der Waals surface area contributed by atoms with Gasteiger partial charge in [0.05, 0.1) is 6.61 Å². The van der Waals surface area contributed by atoms with Gasteiger partial charge in [0.2, 0.25) is 5.91 Å². The van der Waals surface area contributed by atoms with Gasteiger partial charge in [-0.15, -0.1) is 0 Å². The Hall–Kier alpha value is -2.08. The molecule has 2 unspecified atom stereocenters. The molecule has 26 heavy (non-hydrogen) atoms. The Morgan fingerprint density at radius 3 is 2.65 bits per heavy atom. The van der Waals surface area contributed by atoms with E-state index in [2.05, 4.69) is 17.3 Å². The van der Waals surface area contributed by atoms with Gasteiger partial charge < -0.3 is 15.0 Å². The summed E-state index contributed by atoms with van der Waals surface area (Å²) in [6, 6.07) is 10.2. The Balaban J connectivity index is 1.72. The summed E-state index contributed by atoms with van der Waals surface area (Å²) in [5.41, 5.74) is 1.02. The predicted octanol–water partition coefficient (Wildman–Crippen LogP) is 2.04. The zero-order chi connectivity index (χ0) is 18.5. The van der Waals surface area contributed by atoms with Crippen molar-refractivity contribution in [2.24, 2.45) is 0 Å². The van der Waals surface area contributed by atoms with E-state index in [1.807, 2.05) is 35.2 Å². The number of carbonyl (C=O) groups excluding carboxylic acids is 2. The van der Waals surface area contributed by atoms with Gasteiger partial charge in [-0.25, -0.2) is 4.79 Å². The van der Waals surface area contributed by atoms with Gasteiger partial charge in [-0.2, -0.15) is 0 Å². The van der Waals surface area contributed by atoms with Crippen LogP contribution < -0.4 is 5.32 Å². The van der Waals surface area contributed by atoms with Gasteiger partial charge >= 0.3 is 6.09 Å². The molecule has 0 spiro atoms. The van der Waals surface area contributed by atoms with Gasteiger partial charge in [0, 0.05) is 31.6 Å². The highest BCUT2D eigenvalue weighted by Gasteiger charge is 2.37. The van der Waals surface area contributed by atoms with E-state index in [-0.39, 0.29) is 12.5 Å². The minimum Gasteiger partial charge on any atom is -0.450 e. The van der Waals surface area contributed by atoms with E-state index < -0.39 is 12.1 Å². The Labute approximate surface area is 155 Å². The van der Waals surface area contributed by atoms with Crippen molar-refractivity contribution < 1.29 is 14.3 Å². The highest BCUT2D eigenvalue weighted by molar-refractivity contribution is 5.86. The van der Waals surface area contributed by atoms with E-state index in [1.165, 1.54) is 6.42 Å². The number of rotatable bonds is 5. The molecular formula is C20H29N3O3. The van der Waals surface area contributed by atoms with Crippen LogP contribution in [0.15, 0.2) is 30.3 Å². The molecule has 6 nitrogen and oxygen atoms in total. The summed E-state index contributed by atoms with van der Waals surface area (Å²) in [5, 5.41) is 2.77. The number of hydrogen-bond acceptors (Lipinski definition) is 4. The molecule has 2 aliphatic rings. The Morgan fingerprint density at radius 2 is 1.92 bits per heavy atom. The number of nitrogens with zero attached hydrogens (tertiary/aromatic N) is 2. The molecule has 0 saturated carbocycles. The van der Waals surface area contributed by atoms with Gasteiger partial charge in [0.25, 0.3) is 0 Å². The summed E-state index contributed by atoms with van der Waals surface area (Å²) < 4.78 is 5.01. The van der Waals surface area contributed by atoms with Crippen LogP contribution in [0.25, 0.3) is 0 Å². The quantitative estimate of drug-likeness (QED) is 0.874. The topological polar surface area (TPSA) is 61.9 Å². The molecule has 142 valence electrons. The molecule has 0 aromatic heterocycles. The SMILES string of the molecule is CCOC(=O)N[C@@H](Cc1ccccc1)C(=O)N1CCC2CCC(C1)N2C. The number of alkyl carbamates (subject to hydrolysis) is 1. The monoisotopic (exact) mass is 359 g/mol. The maximum atomic E-state index is 13.2. The second-order valence-corrected chi connectivity index (χ2v) is 7.23. The summed E-state index contributed by atoms with van der Waals surface area (Å²) in [6.07, 6.45) is 3.29. The summed E-state index contributed by atoms with van der Waals surface area (Å²) in [4.78, 5) is 29.5. The molecule has 3 atom stereocenters. The van der Waals surface area contributed by atoms with Crippen molar-refractivity contribution in [3.05, 3.63) is 35.9 Å². The first-order chi connectivity index (χ1) is 12.6. The molecule has 3 rings (SSSR count). The standard InChI is InChI=1S/C20H29N3O3/c1-3-26-20(25)21-18(13-15-7-5-4-6-8-15)19(24)23-12-11-16-9-10-17(14-23)22(16)2/h4-8,16-18H,3,9-14H2,1-2H3,(H,21,25)/t16?,17?,18-/m0/s1. The van der Waals surface area contributed by atoms with Crippen molar-refractivity contribution >= 4 is 12.0 Å². The second-order valence-electron chi connectivity index (χ2n) is 7.23. The van der Waals surface area contributed by atoms with Crippen molar-refractivity contribution in [1.82, 2.24) is 15.1 Å². The van der Waals surface area contributed by atoms with E-state index in [9.17, 15) is 9.59 Å². The van der Waals surface area contributed by atoms with E-state index in [4.69, 9.17) is 4.74 Å². The number of fused-ring (bicyclic) bond motifs is 2. The molecular weight excluding hydrogens is 330 g/mol. The van der Waals surface area contributed by atoms with Crippen LogP contribution in [0, 0.1) is 0 Å². The first-order valence-electron chi connectivity index (χ1n) is 9.56. The molecule has 2 bridgehead atoms. The fourth-order valence-electron chi connectivity index (χ4n) is 4.09. The lowest BCUT2D eigenvalue weighted by Crippen LogP contribution is -2.51. The van der Waals surface area contributed by atoms with Crippen LogP contribution in [0.2, 0.25) is 0 Å². The molecule has 1 aromatic carbocycles. The number of likely N-dealkylation sites (tertiary alicyclic amines) is 1.